The summed E-state index contributed by atoms with van der Waals surface area (Å²) in [5.41, 5.74) is 0.260. The molecule has 0 bridgehead atoms. The average molecular weight is 500 g/mol. The van der Waals surface area contributed by atoms with E-state index in [4.69, 9.17) is 9.47 Å². The first-order chi connectivity index (χ1) is 16.0. The second kappa shape index (κ2) is 9.99. The summed E-state index contributed by atoms with van der Waals surface area (Å²) in [5, 5.41) is 4.06. The largest absolute Gasteiger partial charge is 0.495 e. The van der Waals surface area contributed by atoms with Gasteiger partial charge in [-0.05, 0) is 30.3 Å². The van der Waals surface area contributed by atoms with Crippen LogP contribution < -0.4 is 18.9 Å². The minimum Gasteiger partial charge on any atom is -0.495 e. The van der Waals surface area contributed by atoms with Crippen LogP contribution in [-0.4, -0.2) is 56.1 Å². The Labute approximate surface area is 192 Å². The summed E-state index contributed by atoms with van der Waals surface area (Å²) in [5.74, 6) is -2.04. The van der Waals surface area contributed by atoms with Crippen molar-refractivity contribution < 1.29 is 40.6 Å². The lowest BCUT2D eigenvalue weighted by Gasteiger charge is -2.16. The Hall–Kier alpha value is -3.81. The number of hydrogen-bond donors (Lipinski definition) is 1. The number of amides is 1. The molecule has 1 aromatic carbocycles. The molecule has 2 heterocycles. The van der Waals surface area contributed by atoms with Gasteiger partial charge in [-0.2, -0.15) is 18.3 Å². The predicted octanol–water partition coefficient (Wildman–Crippen LogP) is 2.40. The molecule has 0 fully saturated rings. The highest BCUT2D eigenvalue weighted by Gasteiger charge is 2.32. The fourth-order valence-electron chi connectivity index (χ4n) is 2.88. The summed E-state index contributed by atoms with van der Waals surface area (Å²) in [6.07, 6.45) is -1.43. The van der Waals surface area contributed by atoms with E-state index in [2.05, 4.69) is 14.8 Å². The first-order valence-corrected chi connectivity index (χ1v) is 11.0. The van der Waals surface area contributed by atoms with Gasteiger partial charge in [0.2, 0.25) is 5.88 Å². The lowest BCUT2D eigenvalue weighted by molar-refractivity contribution is -0.153. The summed E-state index contributed by atoms with van der Waals surface area (Å²) in [4.78, 5) is 15.9. The zero-order valence-electron chi connectivity index (χ0n) is 17.9. The molecule has 34 heavy (non-hydrogen) atoms. The van der Waals surface area contributed by atoms with Gasteiger partial charge in [0.15, 0.2) is 11.5 Å². The summed E-state index contributed by atoms with van der Waals surface area (Å²) in [6, 6.07) is 7.96. The van der Waals surface area contributed by atoms with Gasteiger partial charge in [0.05, 0.1) is 20.8 Å². The van der Waals surface area contributed by atoms with E-state index < -0.39 is 39.4 Å². The van der Waals surface area contributed by atoms with Crippen LogP contribution in [0.5, 0.6) is 17.4 Å². The maximum Gasteiger partial charge on any atom is 0.422 e. The summed E-state index contributed by atoms with van der Waals surface area (Å²) >= 11 is 0. The van der Waals surface area contributed by atoms with E-state index in [1.54, 1.807) is 27.9 Å². The van der Waals surface area contributed by atoms with Gasteiger partial charge in [-0.1, -0.05) is 6.07 Å². The number of pyridine rings is 1. The average Bonchev–Trinajstić information content (AvgIpc) is 3.29. The van der Waals surface area contributed by atoms with Crippen LogP contribution in [0.2, 0.25) is 0 Å². The molecule has 0 unspecified atom stereocenters. The van der Waals surface area contributed by atoms with Crippen LogP contribution in [0.3, 0.4) is 0 Å². The first kappa shape index (κ1) is 24.8. The van der Waals surface area contributed by atoms with Crippen molar-refractivity contribution in [3.8, 4) is 17.4 Å². The third-order valence-electron chi connectivity index (χ3n) is 4.31. The number of sulfonamides is 1. The van der Waals surface area contributed by atoms with Crippen molar-refractivity contribution >= 4 is 15.9 Å². The summed E-state index contributed by atoms with van der Waals surface area (Å²) in [6.45, 7) is -1.46. The van der Waals surface area contributed by atoms with Crippen LogP contribution in [0, 0.1) is 0 Å². The van der Waals surface area contributed by atoms with Crippen molar-refractivity contribution in [3.05, 3.63) is 60.0 Å². The molecule has 0 radical (unpaired) electrons. The number of rotatable bonds is 9. The van der Waals surface area contributed by atoms with Crippen LogP contribution in [-0.2, 0) is 16.6 Å². The zero-order valence-corrected chi connectivity index (χ0v) is 18.7. The maximum absolute atomic E-state index is 12.9. The number of benzene rings is 1. The van der Waals surface area contributed by atoms with Gasteiger partial charge < -0.3 is 14.2 Å². The molecule has 0 saturated carbocycles. The highest BCUT2D eigenvalue weighted by molar-refractivity contribution is 7.90. The molecule has 0 aliphatic carbocycles. The third kappa shape index (κ3) is 5.95. The standard InChI is InChI=1S/C20H19F3N4O6S/c1-31-15-5-3-6-16(33-12-20(21,22)23)17(15)34(29,30)26-18(28)14-8-7-13(19(25-14)32-2)11-27-10-4-9-24-27/h3-10H,11-12H2,1-2H3,(H,26,28). The predicted molar refractivity (Wildman–Crippen MR) is 111 cm³/mol. The summed E-state index contributed by atoms with van der Waals surface area (Å²) < 4.78 is 81.8. The molecule has 1 N–H and O–H groups in total. The van der Waals surface area contributed by atoms with E-state index in [1.165, 1.54) is 31.4 Å². The van der Waals surface area contributed by atoms with E-state index in [0.717, 1.165) is 13.2 Å². The molecule has 0 aliphatic rings. The smallest absolute Gasteiger partial charge is 0.422 e. The molecule has 14 heteroatoms. The molecule has 3 rings (SSSR count). The van der Waals surface area contributed by atoms with Crippen LogP contribution >= 0.6 is 0 Å². The Morgan fingerprint density at radius 2 is 1.82 bits per heavy atom. The molecular formula is C20H19F3N4O6S. The number of alkyl halides is 3. The number of nitrogens with zero attached hydrogens (tertiary/aromatic N) is 3. The molecular weight excluding hydrogens is 481 g/mol. The summed E-state index contributed by atoms with van der Waals surface area (Å²) in [7, 11) is -2.29. The van der Waals surface area contributed by atoms with Crippen molar-refractivity contribution in [2.45, 2.75) is 17.6 Å². The molecule has 0 aliphatic heterocycles. The molecule has 0 atom stereocenters. The van der Waals surface area contributed by atoms with Crippen LogP contribution in [0.4, 0.5) is 13.2 Å². The van der Waals surface area contributed by atoms with Crippen molar-refractivity contribution in [2.24, 2.45) is 0 Å². The van der Waals surface area contributed by atoms with Crippen molar-refractivity contribution in [3.63, 3.8) is 0 Å². The fourth-order valence-corrected chi connectivity index (χ4v) is 4.14. The zero-order chi connectivity index (χ0) is 24.9. The topological polar surface area (TPSA) is 122 Å². The number of carbonyl (C=O) groups is 1. The van der Waals surface area contributed by atoms with E-state index in [1.807, 2.05) is 0 Å². The SMILES string of the molecule is COc1cccc(OCC(F)(F)F)c1S(=O)(=O)NC(=O)c1ccc(Cn2cccn2)c(OC)n1. The third-order valence-corrected chi connectivity index (χ3v) is 5.70. The number of nitrogens with one attached hydrogen (secondary N) is 1. The van der Waals surface area contributed by atoms with Gasteiger partial charge in [0, 0.05) is 18.0 Å². The van der Waals surface area contributed by atoms with Gasteiger partial charge >= 0.3 is 6.18 Å². The van der Waals surface area contributed by atoms with Crippen molar-refractivity contribution in [2.75, 3.05) is 20.8 Å². The van der Waals surface area contributed by atoms with Gasteiger partial charge in [-0.15, -0.1) is 0 Å². The van der Waals surface area contributed by atoms with Crippen molar-refractivity contribution in [1.82, 2.24) is 19.5 Å². The van der Waals surface area contributed by atoms with Crippen LogP contribution in [0.25, 0.3) is 0 Å². The monoisotopic (exact) mass is 500 g/mol. The number of carbonyl (C=O) groups excluding carboxylic acids is 1. The van der Waals surface area contributed by atoms with Gasteiger partial charge in [-0.25, -0.2) is 18.1 Å². The minimum atomic E-state index is -4.73. The van der Waals surface area contributed by atoms with Gasteiger partial charge in [-0.3, -0.25) is 9.48 Å². The molecule has 10 nitrogen and oxygen atoms in total. The highest BCUT2D eigenvalue weighted by Crippen LogP contribution is 2.34. The quantitative estimate of drug-likeness (QED) is 0.476. The maximum atomic E-state index is 12.9. The second-order valence-electron chi connectivity index (χ2n) is 6.69. The Morgan fingerprint density at radius 1 is 1.09 bits per heavy atom. The highest BCUT2D eigenvalue weighted by atomic mass is 32.2. The Bertz CT molecular complexity index is 1260. The van der Waals surface area contributed by atoms with Gasteiger partial charge in [0.25, 0.3) is 15.9 Å². The Kier molecular flexibility index (Phi) is 7.29. The fraction of sp³-hybridized carbons (Fsp3) is 0.250. The van der Waals surface area contributed by atoms with E-state index in [0.29, 0.717) is 5.56 Å². The normalized spacial score (nSPS) is 11.7. The molecule has 0 spiro atoms. The minimum absolute atomic E-state index is 0.0621. The van der Waals surface area contributed by atoms with Crippen LogP contribution in [0.1, 0.15) is 16.1 Å². The Morgan fingerprint density at radius 3 is 2.44 bits per heavy atom. The van der Waals surface area contributed by atoms with Gasteiger partial charge in [0.1, 0.15) is 17.2 Å². The number of halogens is 3. The van der Waals surface area contributed by atoms with Crippen LogP contribution in [0.15, 0.2) is 53.7 Å². The number of methoxy groups -OCH3 is 2. The molecule has 0 saturated heterocycles. The lowest BCUT2D eigenvalue weighted by Crippen LogP contribution is -2.32. The van der Waals surface area contributed by atoms with Crippen molar-refractivity contribution in [1.29, 1.82) is 0 Å². The number of ether oxygens (including phenoxy) is 3. The first-order valence-electron chi connectivity index (χ1n) is 9.49. The molecule has 1 amide bonds. The number of hydrogen-bond acceptors (Lipinski definition) is 8. The van der Waals surface area contributed by atoms with E-state index in [-0.39, 0.29) is 23.9 Å². The van der Waals surface area contributed by atoms with E-state index in [9.17, 15) is 26.4 Å². The Balaban J connectivity index is 1.88. The molecule has 2 aromatic heterocycles. The van der Waals surface area contributed by atoms with E-state index >= 15 is 0 Å². The second-order valence-corrected chi connectivity index (χ2v) is 8.31. The lowest BCUT2D eigenvalue weighted by atomic mass is 10.2. The number of aromatic nitrogens is 3. The molecule has 182 valence electrons. The molecule has 3 aromatic rings.